The molecule has 0 spiro atoms. The number of esters is 1. The predicted molar refractivity (Wildman–Crippen MR) is 81.3 cm³/mol. The first-order valence-electron chi connectivity index (χ1n) is 6.48. The number of hydrogen-bond acceptors (Lipinski definition) is 6. The lowest BCUT2D eigenvalue weighted by molar-refractivity contribution is 0.0531. The Morgan fingerprint density at radius 2 is 2.05 bits per heavy atom. The standard InChI is InChI=1S/C15H17NO4S/c1-5-20-15(17)13-9(2)16-14(21-13)10-7-6-8-11(18-3)12(10)19-4/h6-8H,5H2,1-4H3. The Morgan fingerprint density at radius 1 is 1.29 bits per heavy atom. The third-order valence-electron chi connectivity index (χ3n) is 2.89. The average molecular weight is 307 g/mol. The molecule has 0 fully saturated rings. The number of aromatic nitrogens is 1. The van der Waals surface area contributed by atoms with Gasteiger partial charge in [-0.05, 0) is 26.0 Å². The number of benzene rings is 1. The van der Waals surface area contributed by atoms with E-state index in [4.69, 9.17) is 14.2 Å². The molecular weight excluding hydrogens is 290 g/mol. The molecule has 1 heterocycles. The number of aryl methyl sites for hydroxylation is 1. The van der Waals surface area contributed by atoms with Gasteiger partial charge in [-0.2, -0.15) is 0 Å². The summed E-state index contributed by atoms with van der Waals surface area (Å²) in [5, 5.41) is 0.700. The summed E-state index contributed by atoms with van der Waals surface area (Å²) in [6, 6.07) is 5.56. The Hall–Kier alpha value is -2.08. The van der Waals surface area contributed by atoms with Gasteiger partial charge >= 0.3 is 5.97 Å². The number of methoxy groups -OCH3 is 2. The monoisotopic (exact) mass is 307 g/mol. The smallest absolute Gasteiger partial charge is 0.350 e. The van der Waals surface area contributed by atoms with E-state index in [1.54, 1.807) is 28.1 Å². The minimum atomic E-state index is -0.347. The Balaban J connectivity index is 2.48. The normalized spacial score (nSPS) is 10.3. The molecule has 0 saturated carbocycles. The number of hydrogen-bond donors (Lipinski definition) is 0. The van der Waals surface area contributed by atoms with Gasteiger partial charge in [-0.25, -0.2) is 9.78 Å². The summed E-state index contributed by atoms with van der Waals surface area (Å²) in [5.74, 6) is 0.880. The van der Waals surface area contributed by atoms with Crippen molar-refractivity contribution in [1.29, 1.82) is 0 Å². The topological polar surface area (TPSA) is 57.7 Å². The molecule has 1 aromatic heterocycles. The van der Waals surface area contributed by atoms with Gasteiger partial charge in [-0.15, -0.1) is 11.3 Å². The zero-order valence-corrected chi connectivity index (χ0v) is 13.2. The first-order valence-corrected chi connectivity index (χ1v) is 7.29. The number of carbonyl (C=O) groups excluding carboxylic acids is 1. The van der Waals surface area contributed by atoms with E-state index in [0.717, 1.165) is 5.56 Å². The maximum Gasteiger partial charge on any atom is 0.350 e. The molecular formula is C15H17NO4S. The maximum absolute atomic E-state index is 11.9. The Kier molecular flexibility index (Phi) is 4.80. The van der Waals surface area contributed by atoms with E-state index in [-0.39, 0.29) is 5.97 Å². The fourth-order valence-electron chi connectivity index (χ4n) is 1.95. The van der Waals surface area contributed by atoms with Gasteiger partial charge in [0.1, 0.15) is 9.88 Å². The van der Waals surface area contributed by atoms with E-state index in [9.17, 15) is 4.79 Å². The molecule has 0 aliphatic heterocycles. The van der Waals surface area contributed by atoms with Gasteiger partial charge < -0.3 is 14.2 Å². The number of ether oxygens (including phenoxy) is 3. The molecule has 0 bridgehead atoms. The summed E-state index contributed by atoms with van der Waals surface area (Å²) < 4.78 is 15.7. The molecule has 21 heavy (non-hydrogen) atoms. The van der Waals surface area contributed by atoms with Crippen molar-refractivity contribution in [2.75, 3.05) is 20.8 Å². The van der Waals surface area contributed by atoms with Crippen LogP contribution < -0.4 is 9.47 Å². The van der Waals surface area contributed by atoms with Crippen LogP contribution in [0.1, 0.15) is 22.3 Å². The molecule has 6 heteroatoms. The molecule has 1 aromatic carbocycles. The number of nitrogens with zero attached hydrogens (tertiary/aromatic N) is 1. The third-order valence-corrected chi connectivity index (χ3v) is 4.06. The maximum atomic E-state index is 11.9. The van der Waals surface area contributed by atoms with Crippen LogP contribution in [0.5, 0.6) is 11.5 Å². The minimum Gasteiger partial charge on any atom is -0.493 e. The lowest BCUT2D eigenvalue weighted by Crippen LogP contribution is -2.03. The van der Waals surface area contributed by atoms with E-state index < -0.39 is 0 Å². The molecule has 0 N–H and O–H groups in total. The molecule has 0 atom stereocenters. The summed E-state index contributed by atoms with van der Waals surface area (Å²) in [6.45, 7) is 3.91. The summed E-state index contributed by atoms with van der Waals surface area (Å²) >= 11 is 1.29. The SMILES string of the molecule is CCOC(=O)c1sc(-c2cccc(OC)c2OC)nc1C. The van der Waals surface area contributed by atoms with Gasteiger partial charge in [0.25, 0.3) is 0 Å². The molecule has 0 unspecified atom stereocenters. The second kappa shape index (κ2) is 6.58. The van der Waals surface area contributed by atoms with Gasteiger partial charge in [0.05, 0.1) is 32.1 Å². The zero-order chi connectivity index (χ0) is 15.4. The number of rotatable bonds is 5. The molecule has 2 rings (SSSR count). The van der Waals surface area contributed by atoms with Gasteiger partial charge in [0.2, 0.25) is 0 Å². The van der Waals surface area contributed by atoms with E-state index in [2.05, 4.69) is 4.98 Å². The molecule has 0 amide bonds. The Labute approximate surface area is 127 Å². The van der Waals surface area contributed by atoms with Crippen LogP contribution in [0.15, 0.2) is 18.2 Å². The van der Waals surface area contributed by atoms with Crippen LogP contribution in [0, 0.1) is 6.92 Å². The number of para-hydroxylation sites is 1. The van der Waals surface area contributed by atoms with Crippen molar-refractivity contribution in [2.45, 2.75) is 13.8 Å². The van der Waals surface area contributed by atoms with Crippen molar-refractivity contribution in [3.8, 4) is 22.1 Å². The van der Waals surface area contributed by atoms with E-state index in [0.29, 0.717) is 33.7 Å². The molecule has 0 saturated heterocycles. The van der Waals surface area contributed by atoms with Gasteiger partial charge in [-0.3, -0.25) is 0 Å². The Morgan fingerprint density at radius 3 is 2.67 bits per heavy atom. The van der Waals surface area contributed by atoms with Gasteiger partial charge in [-0.1, -0.05) is 6.07 Å². The zero-order valence-electron chi connectivity index (χ0n) is 12.4. The van der Waals surface area contributed by atoms with E-state index in [1.807, 2.05) is 18.2 Å². The van der Waals surface area contributed by atoms with E-state index in [1.165, 1.54) is 11.3 Å². The lowest BCUT2D eigenvalue weighted by atomic mass is 10.2. The minimum absolute atomic E-state index is 0.341. The van der Waals surface area contributed by atoms with Crippen LogP contribution in [-0.2, 0) is 4.74 Å². The predicted octanol–water partition coefficient (Wildman–Crippen LogP) is 3.31. The summed E-state index contributed by atoms with van der Waals surface area (Å²) in [6.07, 6.45) is 0. The van der Waals surface area contributed by atoms with Crippen molar-refractivity contribution in [1.82, 2.24) is 4.98 Å². The molecule has 0 aliphatic carbocycles. The highest BCUT2D eigenvalue weighted by Crippen LogP contribution is 2.40. The first-order chi connectivity index (χ1) is 10.1. The molecule has 5 nitrogen and oxygen atoms in total. The highest BCUT2D eigenvalue weighted by Gasteiger charge is 2.20. The summed E-state index contributed by atoms with van der Waals surface area (Å²) in [7, 11) is 3.16. The van der Waals surface area contributed by atoms with Gasteiger partial charge in [0, 0.05) is 0 Å². The summed E-state index contributed by atoms with van der Waals surface area (Å²) in [5.41, 5.74) is 1.44. The quantitative estimate of drug-likeness (QED) is 0.793. The first kappa shape index (κ1) is 15.3. The number of carbonyl (C=O) groups is 1. The van der Waals surface area contributed by atoms with Crippen LogP contribution in [0.25, 0.3) is 10.6 Å². The van der Waals surface area contributed by atoms with Crippen molar-refractivity contribution in [2.24, 2.45) is 0 Å². The largest absolute Gasteiger partial charge is 0.493 e. The lowest BCUT2D eigenvalue weighted by Gasteiger charge is -2.10. The second-order valence-corrected chi connectivity index (χ2v) is 5.19. The van der Waals surface area contributed by atoms with Crippen LogP contribution in [0.2, 0.25) is 0 Å². The van der Waals surface area contributed by atoms with Crippen molar-refractivity contribution >= 4 is 17.3 Å². The van der Waals surface area contributed by atoms with Crippen LogP contribution >= 0.6 is 11.3 Å². The molecule has 2 aromatic rings. The molecule has 0 aliphatic rings. The number of thiazole rings is 1. The fraction of sp³-hybridized carbons (Fsp3) is 0.333. The summed E-state index contributed by atoms with van der Waals surface area (Å²) in [4.78, 5) is 16.8. The Bertz CT molecular complexity index is 651. The third kappa shape index (κ3) is 3.00. The van der Waals surface area contributed by atoms with Crippen molar-refractivity contribution in [3.63, 3.8) is 0 Å². The molecule has 0 radical (unpaired) electrons. The van der Waals surface area contributed by atoms with Gasteiger partial charge in [0.15, 0.2) is 11.5 Å². The van der Waals surface area contributed by atoms with Crippen LogP contribution in [0.4, 0.5) is 0 Å². The second-order valence-electron chi connectivity index (χ2n) is 4.20. The molecule has 112 valence electrons. The fourth-order valence-corrected chi connectivity index (χ4v) is 2.94. The highest BCUT2D eigenvalue weighted by molar-refractivity contribution is 7.17. The van der Waals surface area contributed by atoms with Crippen LogP contribution in [0.3, 0.4) is 0 Å². The average Bonchev–Trinajstić information content (AvgIpc) is 2.88. The van der Waals surface area contributed by atoms with Crippen molar-refractivity contribution in [3.05, 3.63) is 28.8 Å². The van der Waals surface area contributed by atoms with Crippen LogP contribution in [-0.4, -0.2) is 31.8 Å². The van der Waals surface area contributed by atoms with E-state index >= 15 is 0 Å². The highest BCUT2D eigenvalue weighted by atomic mass is 32.1. The van der Waals surface area contributed by atoms with Crippen molar-refractivity contribution < 1.29 is 19.0 Å².